The second-order valence-electron chi connectivity index (χ2n) is 10.1. The van der Waals surface area contributed by atoms with Crippen LogP contribution in [0.3, 0.4) is 0 Å². The van der Waals surface area contributed by atoms with Gasteiger partial charge in [-0.2, -0.15) is 0 Å². The summed E-state index contributed by atoms with van der Waals surface area (Å²) < 4.78 is 5.93. The third kappa shape index (κ3) is 5.53. The van der Waals surface area contributed by atoms with Crippen molar-refractivity contribution in [3.8, 4) is 5.75 Å². The number of fused-ring (bicyclic) bond motifs is 1. The fraction of sp³-hybridized carbons (Fsp3) is 0.500. The van der Waals surface area contributed by atoms with E-state index in [2.05, 4.69) is 27.7 Å². The summed E-state index contributed by atoms with van der Waals surface area (Å²) in [4.78, 5) is 30.4. The lowest BCUT2D eigenvalue weighted by Crippen LogP contribution is -2.60. The van der Waals surface area contributed by atoms with Crippen LogP contribution in [-0.2, 0) is 4.79 Å². The molecular formula is C28H37ClN4O3. The number of piperidine rings is 1. The van der Waals surface area contributed by atoms with E-state index < -0.39 is 5.54 Å². The molecule has 0 bridgehead atoms. The molecule has 2 aromatic rings. The van der Waals surface area contributed by atoms with Crippen LogP contribution in [0.4, 0.5) is 0 Å². The second-order valence-corrected chi connectivity index (χ2v) is 10.1. The van der Waals surface area contributed by atoms with Crippen LogP contribution in [0.5, 0.6) is 5.75 Å². The molecule has 0 aromatic heterocycles. The van der Waals surface area contributed by atoms with E-state index in [1.54, 1.807) is 6.92 Å². The molecular weight excluding hydrogens is 476 g/mol. The minimum atomic E-state index is -0.425. The van der Waals surface area contributed by atoms with Gasteiger partial charge in [-0.25, -0.2) is 0 Å². The number of ether oxygens (including phenoxy) is 1. The predicted octanol–water partition coefficient (Wildman–Crippen LogP) is 3.26. The lowest BCUT2D eigenvalue weighted by Gasteiger charge is -2.40. The van der Waals surface area contributed by atoms with E-state index in [-0.39, 0.29) is 36.2 Å². The smallest absolute Gasteiger partial charge is 0.254 e. The molecule has 2 aromatic carbocycles. The summed E-state index contributed by atoms with van der Waals surface area (Å²) in [7, 11) is 0. The summed E-state index contributed by atoms with van der Waals surface area (Å²) in [5.74, 6) is 0.823. The third-order valence-corrected chi connectivity index (χ3v) is 7.79. The van der Waals surface area contributed by atoms with Crippen molar-refractivity contribution in [1.29, 1.82) is 0 Å². The number of nitrogens with one attached hydrogen (secondary N) is 2. The number of rotatable bonds is 7. The van der Waals surface area contributed by atoms with Crippen LogP contribution in [0.2, 0.25) is 0 Å². The molecule has 0 radical (unpaired) electrons. The first-order valence-electron chi connectivity index (χ1n) is 12.9. The van der Waals surface area contributed by atoms with Crippen LogP contribution in [0.15, 0.2) is 54.6 Å². The van der Waals surface area contributed by atoms with E-state index >= 15 is 0 Å². The summed E-state index contributed by atoms with van der Waals surface area (Å²) in [5, 5.41) is 6.74. The van der Waals surface area contributed by atoms with Crippen LogP contribution in [0, 0.1) is 5.92 Å². The molecule has 0 aliphatic carbocycles. The molecule has 7 nitrogen and oxygen atoms in total. The molecule has 8 heteroatoms. The molecule has 5 rings (SSSR count). The number of carbonyl (C=O) groups is 2. The van der Waals surface area contributed by atoms with Gasteiger partial charge in [-0.1, -0.05) is 30.3 Å². The topological polar surface area (TPSA) is 73.9 Å². The van der Waals surface area contributed by atoms with E-state index in [4.69, 9.17) is 4.74 Å². The zero-order valence-electron chi connectivity index (χ0n) is 20.9. The van der Waals surface area contributed by atoms with Crippen molar-refractivity contribution in [2.45, 2.75) is 37.8 Å². The van der Waals surface area contributed by atoms with Crippen LogP contribution in [0.25, 0.3) is 0 Å². The maximum Gasteiger partial charge on any atom is 0.254 e. The van der Waals surface area contributed by atoms with Gasteiger partial charge in [0, 0.05) is 38.0 Å². The normalized spacial score (nSPS) is 25.6. The Balaban J connectivity index is 0.00000304. The summed E-state index contributed by atoms with van der Waals surface area (Å²) in [6.07, 6.45) is 3.35. The molecule has 2 N–H and O–H groups in total. The van der Waals surface area contributed by atoms with E-state index in [0.717, 1.165) is 50.5 Å². The minimum Gasteiger partial charge on any atom is -0.492 e. The fourth-order valence-electron chi connectivity index (χ4n) is 6.14. The Morgan fingerprint density at radius 2 is 1.81 bits per heavy atom. The zero-order valence-corrected chi connectivity index (χ0v) is 21.8. The van der Waals surface area contributed by atoms with Crippen LogP contribution >= 0.6 is 12.4 Å². The molecule has 194 valence electrons. The number of halogens is 1. The van der Waals surface area contributed by atoms with Gasteiger partial charge in [-0.15, -0.1) is 12.4 Å². The Hall–Kier alpha value is -2.61. The van der Waals surface area contributed by atoms with E-state index in [9.17, 15) is 9.59 Å². The maximum atomic E-state index is 13.8. The lowest BCUT2D eigenvalue weighted by atomic mass is 9.76. The van der Waals surface area contributed by atoms with E-state index in [0.29, 0.717) is 18.7 Å². The second kappa shape index (κ2) is 11.6. The van der Waals surface area contributed by atoms with Gasteiger partial charge in [0.1, 0.15) is 12.4 Å². The molecule has 3 fully saturated rings. The Kier molecular flexibility index (Phi) is 8.54. The SMILES string of the molecule is CC(=O)N[C@@]12CCNC[C@@H]1[C@@H](c1ccccc1)N(C(=O)c1ccc(OCCN3CCCC3)cc1)C2.Cl. The number of hydrogen-bond acceptors (Lipinski definition) is 5. The highest BCUT2D eigenvalue weighted by Gasteiger charge is 2.55. The van der Waals surface area contributed by atoms with Gasteiger partial charge in [0.05, 0.1) is 11.6 Å². The molecule has 3 heterocycles. The molecule has 36 heavy (non-hydrogen) atoms. The number of hydrogen-bond donors (Lipinski definition) is 2. The molecule has 3 aliphatic heterocycles. The largest absolute Gasteiger partial charge is 0.492 e. The van der Waals surface area contributed by atoms with E-state index in [1.165, 1.54) is 12.8 Å². The number of likely N-dealkylation sites (tertiary alicyclic amines) is 2. The van der Waals surface area contributed by atoms with Gasteiger partial charge in [0.15, 0.2) is 0 Å². The van der Waals surface area contributed by atoms with Gasteiger partial charge in [0.25, 0.3) is 5.91 Å². The van der Waals surface area contributed by atoms with Crippen molar-refractivity contribution in [2.24, 2.45) is 5.92 Å². The summed E-state index contributed by atoms with van der Waals surface area (Å²) in [6, 6.07) is 17.6. The summed E-state index contributed by atoms with van der Waals surface area (Å²) >= 11 is 0. The molecule has 2 amide bonds. The fourth-order valence-corrected chi connectivity index (χ4v) is 6.14. The Morgan fingerprint density at radius 1 is 1.08 bits per heavy atom. The van der Waals surface area contributed by atoms with Crippen LogP contribution in [0.1, 0.15) is 48.1 Å². The predicted molar refractivity (Wildman–Crippen MR) is 143 cm³/mol. The first-order valence-corrected chi connectivity index (χ1v) is 12.9. The van der Waals surface area contributed by atoms with Crippen LogP contribution in [-0.4, -0.2) is 73.0 Å². The quantitative estimate of drug-likeness (QED) is 0.595. The van der Waals surface area contributed by atoms with Crippen molar-refractivity contribution in [3.63, 3.8) is 0 Å². The van der Waals surface area contributed by atoms with Crippen molar-refractivity contribution >= 4 is 24.2 Å². The number of benzene rings is 2. The summed E-state index contributed by atoms with van der Waals surface area (Å²) in [5.41, 5.74) is 1.32. The van der Waals surface area contributed by atoms with Gasteiger partial charge in [-0.05, 0) is 68.7 Å². The molecule has 0 spiro atoms. The molecule has 3 atom stereocenters. The van der Waals surface area contributed by atoms with Crippen molar-refractivity contribution in [3.05, 3.63) is 65.7 Å². The Bertz CT molecular complexity index is 1030. The molecule has 3 aliphatic rings. The van der Waals surface area contributed by atoms with Gasteiger partial charge >= 0.3 is 0 Å². The molecule has 0 unspecified atom stereocenters. The van der Waals surface area contributed by atoms with Gasteiger partial charge < -0.3 is 20.3 Å². The first kappa shape index (κ1) is 26.5. The van der Waals surface area contributed by atoms with Gasteiger partial charge in [-0.3, -0.25) is 14.5 Å². The van der Waals surface area contributed by atoms with Crippen molar-refractivity contribution < 1.29 is 14.3 Å². The maximum absolute atomic E-state index is 13.8. The van der Waals surface area contributed by atoms with E-state index in [1.807, 2.05) is 47.4 Å². The average Bonchev–Trinajstić information content (AvgIpc) is 3.50. The molecule has 3 saturated heterocycles. The average molecular weight is 513 g/mol. The summed E-state index contributed by atoms with van der Waals surface area (Å²) in [6.45, 7) is 7.57. The highest BCUT2D eigenvalue weighted by atomic mass is 35.5. The minimum absolute atomic E-state index is 0. The third-order valence-electron chi connectivity index (χ3n) is 7.79. The highest BCUT2D eigenvalue weighted by molar-refractivity contribution is 5.95. The van der Waals surface area contributed by atoms with Crippen molar-refractivity contribution in [2.75, 3.05) is 45.9 Å². The van der Waals surface area contributed by atoms with Crippen molar-refractivity contribution in [1.82, 2.24) is 20.4 Å². The van der Waals surface area contributed by atoms with Gasteiger partial charge in [0.2, 0.25) is 5.91 Å². The zero-order chi connectivity index (χ0) is 24.3. The highest BCUT2D eigenvalue weighted by Crippen LogP contribution is 2.46. The number of nitrogens with zero attached hydrogens (tertiary/aromatic N) is 2. The molecule has 0 saturated carbocycles. The lowest BCUT2D eigenvalue weighted by molar-refractivity contribution is -0.121. The number of carbonyl (C=O) groups excluding carboxylic acids is 2. The first-order chi connectivity index (χ1) is 17.1. The Morgan fingerprint density at radius 3 is 2.50 bits per heavy atom. The standard InChI is InChI=1S/C28H36N4O3.ClH/c1-21(33)30-28-13-14-29-19-25(28)26(22-7-3-2-4-8-22)32(20-28)27(34)23-9-11-24(12-10-23)35-18-17-31-15-5-6-16-31;/h2-4,7-12,25-26,29H,5-6,13-20H2,1H3,(H,30,33);1H/t25-,26-,28-;/m1./s1. The monoisotopic (exact) mass is 512 g/mol. The number of amides is 2. The Labute approximate surface area is 220 Å². The van der Waals surface area contributed by atoms with Crippen LogP contribution < -0.4 is 15.4 Å².